The van der Waals surface area contributed by atoms with E-state index in [2.05, 4.69) is 4.98 Å². The van der Waals surface area contributed by atoms with Crippen molar-refractivity contribution >= 4 is 11.0 Å². The van der Waals surface area contributed by atoms with Gasteiger partial charge in [0.1, 0.15) is 11.3 Å². The van der Waals surface area contributed by atoms with Gasteiger partial charge in [0.25, 0.3) is 11.1 Å². The topological polar surface area (TPSA) is 61.8 Å². The van der Waals surface area contributed by atoms with Gasteiger partial charge in [-0.05, 0) is 19.3 Å². The molecule has 0 aromatic carbocycles. The molecule has 0 N–H and O–H groups in total. The zero-order chi connectivity index (χ0) is 13.7. The number of aromatic nitrogens is 4. The Labute approximate surface area is 110 Å². The first-order valence-electron chi connectivity index (χ1n) is 6.72. The number of imidazole rings is 1. The van der Waals surface area contributed by atoms with Gasteiger partial charge in [0.2, 0.25) is 0 Å². The maximum atomic E-state index is 12.5. The van der Waals surface area contributed by atoms with E-state index in [1.165, 1.54) is 9.36 Å². The van der Waals surface area contributed by atoms with E-state index in [1.807, 2.05) is 18.5 Å². The first-order valence-corrected chi connectivity index (χ1v) is 6.72. The number of nitrogens with zero attached hydrogens (tertiary/aromatic N) is 4. The lowest BCUT2D eigenvalue weighted by Gasteiger charge is -2.10. The van der Waals surface area contributed by atoms with Crippen LogP contribution < -0.4 is 11.1 Å². The quantitative estimate of drug-likeness (QED) is 0.819. The number of fused-ring (bicyclic) bond motifs is 1. The minimum atomic E-state index is -0.189. The molecule has 1 aliphatic rings. The second-order valence-electron chi connectivity index (χ2n) is 5.26. The SMILES string of the molecule is CCCn1c(=O)c2c(nc(C3CC3)n2C)c(=O)n1C. The van der Waals surface area contributed by atoms with Crippen molar-refractivity contribution in [1.29, 1.82) is 0 Å². The molecule has 1 fully saturated rings. The summed E-state index contributed by atoms with van der Waals surface area (Å²) in [5.41, 5.74) is 0.439. The summed E-state index contributed by atoms with van der Waals surface area (Å²) < 4.78 is 4.70. The van der Waals surface area contributed by atoms with Crippen LogP contribution in [0.5, 0.6) is 0 Å². The Bertz CT molecular complexity index is 762. The lowest BCUT2D eigenvalue weighted by atomic mass is 10.4. The molecule has 0 saturated heterocycles. The van der Waals surface area contributed by atoms with Gasteiger partial charge in [-0.1, -0.05) is 6.92 Å². The van der Waals surface area contributed by atoms with E-state index in [0.717, 1.165) is 25.1 Å². The Kier molecular flexibility index (Phi) is 2.62. The van der Waals surface area contributed by atoms with Crippen molar-refractivity contribution in [2.45, 2.75) is 38.6 Å². The minimum Gasteiger partial charge on any atom is -0.326 e. The molecular formula is C13H18N4O2. The fraction of sp³-hybridized carbons (Fsp3) is 0.615. The molecule has 0 spiro atoms. The number of aryl methyl sites for hydroxylation is 1. The Hall–Kier alpha value is -1.85. The molecule has 0 unspecified atom stereocenters. The van der Waals surface area contributed by atoms with Crippen LogP contribution in [0.15, 0.2) is 9.59 Å². The number of rotatable bonds is 3. The van der Waals surface area contributed by atoms with Crippen LogP contribution in [0.3, 0.4) is 0 Å². The van der Waals surface area contributed by atoms with Crippen LogP contribution in [-0.4, -0.2) is 18.9 Å². The second-order valence-corrected chi connectivity index (χ2v) is 5.26. The third kappa shape index (κ3) is 1.66. The smallest absolute Gasteiger partial charge is 0.293 e. The largest absolute Gasteiger partial charge is 0.326 e. The Morgan fingerprint density at radius 3 is 2.47 bits per heavy atom. The standard InChI is InChI=1S/C13H18N4O2/c1-4-7-17-13(19)10-9(12(18)16(17)3)14-11(15(10)2)8-5-6-8/h8H,4-7H2,1-3H3. The van der Waals surface area contributed by atoms with Crippen LogP contribution in [0.4, 0.5) is 0 Å². The highest BCUT2D eigenvalue weighted by atomic mass is 16.2. The number of hydrogen-bond donors (Lipinski definition) is 0. The molecule has 0 amide bonds. The summed E-state index contributed by atoms with van der Waals surface area (Å²) in [6.45, 7) is 2.53. The lowest BCUT2D eigenvalue weighted by Crippen LogP contribution is -2.37. The summed E-state index contributed by atoms with van der Waals surface area (Å²) in [5.74, 6) is 1.29. The molecule has 6 nitrogen and oxygen atoms in total. The van der Waals surface area contributed by atoms with Crippen molar-refractivity contribution in [3.05, 3.63) is 26.5 Å². The lowest BCUT2D eigenvalue weighted by molar-refractivity contribution is 0.463. The normalized spacial score (nSPS) is 15.3. The van der Waals surface area contributed by atoms with Gasteiger partial charge in [-0.25, -0.2) is 14.3 Å². The summed E-state index contributed by atoms with van der Waals surface area (Å²) in [4.78, 5) is 29.2. The van der Waals surface area contributed by atoms with Crippen LogP contribution >= 0.6 is 0 Å². The minimum absolute atomic E-state index is 0.124. The predicted octanol–water partition coefficient (Wildman–Crippen LogP) is 0.721. The number of hydrogen-bond acceptors (Lipinski definition) is 3. The Morgan fingerprint density at radius 2 is 1.89 bits per heavy atom. The van der Waals surface area contributed by atoms with Crippen molar-refractivity contribution in [1.82, 2.24) is 18.9 Å². The van der Waals surface area contributed by atoms with Crippen LogP contribution in [-0.2, 0) is 20.6 Å². The maximum absolute atomic E-state index is 12.5. The monoisotopic (exact) mass is 262 g/mol. The van der Waals surface area contributed by atoms with E-state index >= 15 is 0 Å². The highest BCUT2D eigenvalue weighted by Gasteiger charge is 2.30. The van der Waals surface area contributed by atoms with E-state index in [1.54, 1.807) is 7.05 Å². The highest BCUT2D eigenvalue weighted by molar-refractivity contribution is 5.74. The molecule has 19 heavy (non-hydrogen) atoms. The average molecular weight is 262 g/mol. The van der Waals surface area contributed by atoms with Crippen molar-refractivity contribution in [2.24, 2.45) is 14.1 Å². The van der Waals surface area contributed by atoms with Gasteiger partial charge in [0.15, 0.2) is 5.52 Å². The van der Waals surface area contributed by atoms with Crippen LogP contribution in [0.25, 0.3) is 11.0 Å². The zero-order valence-corrected chi connectivity index (χ0v) is 11.5. The molecule has 102 valence electrons. The first-order chi connectivity index (χ1) is 9.06. The molecular weight excluding hydrogens is 244 g/mol. The zero-order valence-electron chi connectivity index (χ0n) is 11.5. The third-order valence-electron chi connectivity index (χ3n) is 3.80. The summed E-state index contributed by atoms with van der Waals surface area (Å²) >= 11 is 0. The van der Waals surface area contributed by atoms with E-state index in [0.29, 0.717) is 23.5 Å². The molecule has 3 rings (SSSR count). The van der Waals surface area contributed by atoms with Crippen molar-refractivity contribution in [2.75, 3.05) is 0 Å². The molecule has 2 heterocycles. The predicted molar refractivity (Wildman–Crippen MR) is 72.5 cm³/mol. The molecule has 0 bridgehead atoms. The van der Waals surface area contributed by atoms with Gasteiger partial charge < -0.3 is 4.57 Å². The molecule has 1 saturated carbocycles. The van der Waals surface area contributed by atoms with E-state index in [9.17, 15) is 9.59 Å². The molecule has 0 aliphatic heterocycles. The Morgan fingerprint density at radius 1 is 1.21 bits per heavy atom. The highest BCUT2D eigenvalue weighted by Crippen LogP contribution is 2.39. The summed E-state index contributed by atoms with van der Waals surface area (Å²) in [6, 6.07) is 0. The van der Waals surface area contributed by atoms with Gasteiger partial charge in [-0.15, -0.1) is 0 Å². The van der Waals surface area contributed by atoms with Gasteiger partial charge >= 0.3 is 0 Å². The molecule has 1 aliphatic carbocycles. The molecule has 6 heteroatoms. The molecule has 2 aromatic heterocycles. The fourth-order valence-electron chi connectivity index (χ4n) is 2.60. The van der Waals surface area contributed by atoms with Crippen molar-refractivity contribution < 1.29 is 0 Å². The van der Waals surface area contributed by atoms with Crippen molar-refractivity contribution in [3.63, 3.8) is 0 Å². The van der Waals surface area contributed by atoms with Gasteiger partial charge in [-0.2, -0.15) is 0 Å². The third-order valence-corrected chi connectivity index (χ3v) is 3.80. The van der Waals surface area contributed by atoms with Gasteiger partial charge in [-0.3, -0.25) is 9.59 Å². The van der Waals surface area contributed by atoms with Crippen LogP contribution in [0.1, 0.15) is 37.9 Å². The van der Waals surface area contributed by atoms with Gasteiger partial charge in [0, 0.05) is 26.6 Å². The van der Waals surface area contributed by atoms with Crippen LogP contribution in [0, 0.1) is 0 Å². The van der Waals surface area contributed by atoms with Crippen molar-refractivity contribution in [3.8, 4) is 0 Å². The summed E-state index contributed by atoms with van der Waals surface area (Å²) in [6.07, 6.45) is 3.01. The molecule has 2 aromatic rings. The fourth-order valence-corrected chi connectivity index (χ4v) is 2.60. The van der Waals surface area contributed by atoms with Crippen LogP contribution in [0.2, 0.25) is 0 Å². The molecule has 0 atom stereocenters. The second kappa shape index (κ2) is 4.08. The molecule has 0 radical (unpaired) electrons. The summed E-state index contributed by atoms with van der Waals surface area (Å²) in [5, 5.41) is 0. The Balaban J connectivity index is 2.41. The van der Waals surface area contributed by atoms with E-state index < -0.39 is 0 Å². The van der Waals surface area contributed by atoms with Gasteiger partial charge in [0.05, 0.1) is 0 Å². The first kappa shape index (κ1) is 12.2. The maximum Gasteiger partial charge on any atom is 0.293 e. The average Bonchev–Trinajstić information content (AvgIpc) is 3.16. The summed E-state index contributed by atoms with van der Waals surface area (Å²) in [7, 11) is 3.46. The van der Waals surface area contributed by atoms with E-state index in [-0.39, 0.29) is 11.1 Å². The van der Waals surface area contributed by atoms with E-state index in [4.69, 9.17) is 0 Å².